The van der Waals surface area contributed by atoms with Gasteiger partial charge in [-0.2, -0.15) is 0 Å². The van der Waals surface area contributed by atoms with Crippen molar-refractivity contribution in [1.29, 1.82) is 0 Å². The zero-order valence-electron chi connectivity index (χ0n) is 13.0. The lowest BCUT2D eigenvalue weighted by Gasteiger charge is -2.15. The lowest BCUT2D eigenvalue weighted by molar-refractivity contribution is -0.0785. The molecule has 0 N–H and O–H groups in total. The highest BCUT2D eigenvalue weighted by Gasteiger charge is 2.32. The first-order valence-corrected chi connectivity index (χ1v) is 7.79. The third-order valence-corrected chi connectivity index (χ3v) is 3.87. The Hall–Kier alpha value is -2.62. The lowest BCUT2D eigenvalue weighted by atomic mass is 9.97. The molecule has 0 spiro atoms. The summed E-state index contributed by atoms with van der Waals surface area (Å²) in [4.78, 5) is 25.0. The summed E-state index contributed by atoms with van der Waals surface area (Å²) in [5, 5.41) is 0. The van der Waals surface area contributed by atoms with Crippen molar-refractivity contribution in [2.24, 2.45) is 0 Å². The number of fused-ring (bicyclic) bond motifs is 1. The van der Waals surface area contributed by atoms with E-state index < -0.39 is 18.2 Å². The predicted octanol–water partition coefficient (Wildman–Crippen LogP) is 4.06. The first kappa shape index (κ1) is 15.3. The van der Waals surface area contributed by atoms with Crippen LogP contribution < -0.4 is 0 Å². The van der Waals surface area contributed by atoms with Gasteiger partial charge >= 0.3 is 11.9 Å². The summed E-state index contributed by atoms with van der Waals surface area (Å²) in [5.41, 5.74) is 2.09. The molecule has 2 aromatic carbocycles. The SMILES string of the molecule is CCCCc1cccc2c1C(=O)OC(c1ccccc1)OC2=O. The summed E-state index contributed by atoms with van der Waals surface area (Å²) in [6.45, 7) is 2.08. The maximum Gasteiger partial charge on any atom is 0.342 e. The number of hydrogen-bond donors (Lipinski definition) is 0. The first-order chi connectivity index (χ1) is 11.2. The number of rotatable bonds is 4. The number of cyclic esters (lactones) is 2. The fraction of sp³-hybridized carbons (Fsp3) is 0.263. The summed E-state index contributed by atoms with van der Waals surface area (Å²) in [6.07, 6.45) is 1.68. The molecule has 0 aliphatic carbocycles. The van der Waals surface area contributed by atoms with Crippen LogP contribution in [-0.2, 0) is 15.9 Å². The van der Waals surface area contributed by atoms with E-state index in [4.69, 9.17) is 9.47 Å². The Morgan fingerprint density at radius 2 is 1.65 bits per heavy atom. The lowest BCUT2D eigenvalue weighted by Crippen LogP contribution is -2.12. The topological polar surface area (TPSA) is 52.6 Å². The molecule has 0 saturated carbocycles. The van der Waals surface area contributed by atoms with Crippen LogP contribution in [0.2, 0.25) is 0 Å². The first-order valence-electron chi connectivity index (χ1n) is 7.79. The molecule has 0 fully saturated rings. The Balaban J connectivity index is 1.98. The summed E-state index contributed by atoms with van der Waals surface area (Å²) in [7, 11) is 0. The molecule has 0 radical (unpaired) electrons. The third kappa shape index (κ3) is 3.11. The average Bonchev–Trinajstić information content (AvgIpc) is 2.71. The van der Waals surface area contributed by atoms with Gasteiger partial charge in [-0.05, 0) is 24.5 Å². The molecular weight excluding hydrogens is 292 g/mol. The molecule has 0 saturated heterocycles. The van der Waals surface area contributed by atoms with E-state index in [0.29, 0.717) is 11.1 Å². The maximum atomic E-state index is 12.6. The monoisotopic (exact) mass is 310 g/mol. The fourth-order valence-corrected chi connectivity index (χ4v) is 2.67. The van der Waals surface area contributed by atoms with Gasteiger partial charge in [-0.1, -0.05) is 55.8 Å². The minimum absolute atomic E-state index is 0.280. The smallest absolute Gasteiger partial charge is 0.342 e. The van der Waals surface area contributed by atoms with Gasteiger partial charge < -0.3 is 9.47 Å². The molecule has 1 aliphatic heterocycles. The average molecular weight is 310 g/mol. The van der Waals surface area contributed by atoms with E-state index in [1.165, 1.54) is 0 Å². The van der Waals surface area contributed by atoms with E-state index in [2.05, 4.69) is 6.92 Å². The van der Waals surface area contributed by atoms with Gasteiger partial charge in [0, 0.05) is 5.56 Å². The highest BCUT2D eigenvalue weighted by molar-refractivity contribution is 6.05. The van der Waals surface area contributed by atoms with Crippen LogP contribution in [0.25, 0.3) is 0 Å². The van der Waals surface area contributed by atoms with Crippen molar-refractivity contribution in [3.05, 3.63) is 70.8 Å². The molecular formula is C19H18O4. The van der Waals surface area contributed by atoms with Gasteiger partial charge in [-0.15, -0.1) is 0 Å². The molecule has 4 heteroatoms. The van der Waals surface area contributed by atoms with Crippen LogP contribution in [0, 0.1) is 0 Å². The molecule has 23 heavy (non-hydrogen) atoms. The number of hydrogen-bond acceptors (Lipinski definition) is 4. The summed E-state index contributed by atoms with van der Waals surface area (Å²) in [5.74, 6) is -1.04. The maximum absolute atomic E-state index is 12.6. The highest BCUT2D eigenvalue weighted by Crippen LogP contribution is 2.29. The Labute approximate surface area is 135 Å². The predicted molar refractivity (Wildman–Crippen MR) is 85.1 cm³/mol. The van der Waals surface area contributed by atoms with Crippen molar-refractivity contribution in [1.82, 2.24) is 0 Å². The van der Waals surface area contributed by atoms with Gasteiger partial charge in [0.1, 0.15) is 0 Å². The van der Waals surface area contributed by atoms with E-state index in [9.17, 15) is 9.59 Å². The molecule has 0 bridgehead atoms. The van der Waals surface area contributed by atoms with E-state index in [1.54, 1.807) is 24.3 Å². The molecule has 2 aromatic rings. The molecule has 0 amide bonds. The zero-order chi connectivity index (χ0) is 16.2. The number of carbonyl (C=O) groups is 2. The van der Waals surface area contributed by atoms with Crippen LogP contribution in [0.15, 0.2) is 48.5 Å². The van der Waals surface area contributed by atoms with Crippen molar-refractivity contribution < 1.29 is 19.1 Å². The molecule has 1 heterocycles. The van der Waals surface area contributed by atoms with Gasteiger partial charge in [-0.3, -0.25) is 0 Å². The standard InChI is InChI=1S/C19H18O4/c1-2-3-8-13-11-7-12-15-16(13)18(21)23-19(22-17(15)20)14-9-5-4-6-10-14/h4-7,9-12,19H,2-3,8H2,1H3. The minimum Gasteiger partial charge on any atom is -0.417 e. The van der Waals surface area contributed by atoms with Crippen LogP contribution in [0.5, 0.6) is 0 Å². The highest BCUT2D eigenvalue weighted by atomic mass is 16.7. The minimum atomic E-state index is -1.01. The zero-order valence-corrected chi connectivity index (χ0v) is 13.0. The van der Waals surface area contributed by atoms with E-state index in [1.807, 2.05) is 24.3 Å². The molecule has 1 aliphatic rings. The van der Waals surface area contributed by atoms with Gasteiger partial charge in [0.05, 0.1) is 11.1 Å². The molecule has 118 valence electrons. The Morgan fingerprint density at radius 1 is 0.913 bits per heavy atom. The Morgan fingerprint density at radius 3 is 2.39 bits per heavy atom. The van der Waals surface area contributed by atoms with E-state index in [-0.39, 0.29) is 5.56 Å². The van der Waals surface area contributed by atoms with Crippen LogP contribution in [0.3, 0.4) is 0 Å². The summed E-state index contributed by atoms with van der Waals surface area (Å²) in [6, 6.07) is 14.2. The number of carbonyl (C=O) groups excluding carboxylic acids is 2. The van der Waals surface area contributed by atoms with Crippen molar-refractivity contribution in [3.8, 4) is 0 Å². The van der Waals surface area contributed by atoms with Crippen LogP contribution >= 0.6 is 0 Å². The second-order valence-corrected chi connectivity index (χ2v) is 5.50. The Bertz CT molecular complexity index is 721. The van der Waals surface area contributed by atoms with Gasteiger partial charge in [0.25, 0.3) is 6.29 Å². The van der Waals surface area contributed by atoms with E-state index >= 15 is 0 Å². The number of esters is 2. The van der Waals surface area contributed by atoms with Gasteiger partial charge in [0.2, 0.25) is 0 Å². The molecule has 1 atom stereocenters. The number of unbranched alkanes of at least 4 members (excludes halogenated alkanes) is 1. The third-order valence-electron chi connectivity index (χ3n) is 3.87. The molecule has 1 unspecified atom stereocenters. The largest absolute Gasteiger partial charge is 0.417 e. The number of ether oxygens (including phenoxy) is 2. The number of benzene rings is 2. The summed E-state index contributed by atoms with van der Waals surface area (Å²) < 4.78 is 10.8. The molecule has 3 rings (SSSR count). The second-order valence-electron chi connectivity index (χ2n) is 5.50. The van der Waals surface area contributed by atoms with Gasteiger partial charge in [0.15, 0.2) is 0 Å². The van der Waals surface area contributed by atoms with Crippen molar-refractivity contribution in [2.75, 3.05) is 0 Å². The quantitative estimate of drug-likeness (QED) is 0.799. The second kappa shape index (κ2) is 6.65. The van der Waals surface area contributed by atoms with Crippen molar-refractivity contribution >= 4 is 11.9 Å². The molecule has 4 nitrogen and oxygen atoms in total. The fourth-order valence-electron chi connectivity index (χ4n) is 2.67. The van der Waals surface area contributed by atoms with Crippen LogP contribution in [-0.4, -0.2) is 11.9 Å². The van der Waals surface area contributed by atoms with Crippen LogP contribution in [0.1, 0.15) is 57.9 Å². The van der Waals surface area contributed by atoms with Gasteiger partial charge in [-0.25, -0.2) is 9.59 Å². The Kier molecular flexibility index (Phi) is 4.42. The molecule has 0 aromatic heterocycles. The van der Waals surface area contributed by atoms with Crippen LogP contribution in [0.4, 0.5) is 0 Å². The number of aryl methyl sites for hydroxylation is 1. The van der Waals surface area contributed by atoms with Crippen molar-refractivity contribution in [3.63, 3.8) is 0 Å². The van der Waals surface area contributed by atoms with E-state index in [0.717, 1.165) is 24.8 Å². The summed E-state index contributed by atoms with van der Waals surface area (Å²) >= 11 is 0. The normalized spacial score (nSPS) is 17.0. The van der Waals surface area contributed by atoms with Crippen molar-refractivity contribution in [2.45, 2.75) is 32.5 Å².